The predicted octanol–water partition coefficient (Wildman–Crippen LogP) is 2.21. The van der Waals surface area contributed by atoms with Crippen molar-refractivity contribution in [2.24, 2.45) is 22.7 Å². The summed E-state index contributed by atoms with van der Waals surface area (Å²) in [5.41, 5.74) is -0.605. The van der Waals surface area contributed by atoms with Crippen LogP contribution in [-0.4, -0.2) is 46.1 Å². The van der Waals surface area contributed by atoms with E-state index in [4.69, 9.17) is 4.74 Å². The van der Waals surface area contributed by atoms with Crippen LogP contribution in [0.2, 0.25) is 0 Å². The molecule has 30 heavy (non-hydrogen) atoms. The molecule has 0 radical (unpaired) electrons. The monoisotopic (exact) mass is 412 g/mol. The van der Waals surface area contributed by atoms with Crippen molar-refractivity contribution < 1.29 is 29.3 Å². The molecule has 0 saturated heterocycles. The smallest absolute Gasteiger partial charge is 0.303 e. The lowest BCUT2D eigenvalue weighted by Gasteiger charge is -2.52. The van der Waals surface area contributed by atoms with Crippen molar-refractivity contribution in [2.75, 3.05) is 6.61 Å². The molecule has 0 aromatic carbocycles. The highest BCUT2D eigenvalue weighted by molar-refractivity contribution is 6.02. The summed E-state index contributed by atoms with van der Waals surface area (Å²) >= 11 is 0. The van der Waals surface area contributed by atoms with E-state index >= 15 is 0 Å². The number of ketones is 2. The van der Waals surface area contributed by atoms with Crippen molar-refractivity contribution in [1.82, 2.24) is 0 Å². The second kappa shape index (κ2) is 6.59. The van der Waals surface area contributed by atoms with Crippen LogP contribution < -0.4 is 0 Å². The van der Waals surface area contributed by atoms with Gasteiger partial charge < -0.3 is 14.9 Å². The zero-order chi connectivity index (χ0) is 22.1. The SMILES string of the molecule is CC(=O)OCC(=O)[C@@]1(O)[C@@H](C)C[C@H]2C3=C([C@@H](O)C[C@@]21C)[C@@]1(C)C=CC(=O)C=C1C=C3. The Morgan fingerprint density at radius 1 is 1.23 bits per heavy atom. The number of esters is 1. The first kappa shape index (κ1) is 20.9. The van der Waals surface area contributed by atoms with E-state index in [0.717, 1.165) is 16.7 Å². The second-order valence-electron chi connectivity index (χ2n) is 9.54. The van der Waals surface area contributed by atoms with Gasteiger partial charge in [-0.2, -0.15) is 0 Å². The topological polar surface area (TPSA) is 101 Å². The third kappa shape index (κ3) is 2.59. The number of aliphatic hydroxyl groups excluding tert-OH is 1. The first-order valence-corrected chi connectivity index (χ1v) is 10.4. The molecule has 2 N–H and O–H groups in total. The van der Waals surface area contributed by atoms with Crippen LogP contribution in [0.3, 0.4) is 0 Å². The van der Waals surface area contributed by atoms with E-state index in [2.05, 4.69) is 0 Å². The van der Waals surface area contributed by atoms with Gasteiger partial charge in [0.15, 0.2) is 12.4 Å². The molecule has 0 aromatic heterocycles. The third-order valence-corrected chi connectivity index (χ3v) is 7.89. The molecule has 1 saturated carbocycles. The Hall–Kier alpha value is -2.31. The molecule has 160 valence electrons. The van der Waals surface area contributed by atoms with E-state index < -0.39 is 40.9 Å². The fourth-order valence-electron chi connectivity index (χ4n) is 6.33. The molecule has 0 bridgehead atoms. The molecule has 0 unspecified atom stereocenters. The summed E-state index contributed by atoms with van der Waals surface area (Å²) in [6, 6.07) is 0. The Labute approximate surface area is 176 Å². The van der Waals surface area contributed by atoms with Crippen LogP contribution in [0.1, 0.15) is 40.5 Å². The molecule has 0 spiro atoms. The van der Waals surface area contributed by atoms with Gasteiger partial charge in [0.25, 0.3) is 0 Å². The van der Waals surface area contributed by atoms with Crippen molar-refractivity contribution in [3.05, 3.63) is 47.1 Å². The van der Waals surface area contributed by atoms with Gasteiger partial charge in [0.1, 0.15) is 5.60 Å². The van der Waals surface area contributed by atoms with Crippen molar-refractivity contribution in [1.29, 1.82) is 0 Å². The Morgan fingerprint density at radius 3 is 2.60 bits per heavy atom. The van der Waals surface area contributed by atoms with Crippen molar-refractivity contribution >= 4 is 17.5 Å². The minimum absolute atomic E-state index is 0.0776. The van der Waals surface area contributed by atoms with Crippen LogP contribution in [0.15, 0.2) is 47.1 Å². The fraction of sp³-hybridized carbons (Fsp3) is 0.542. The largest absolute Gasteiger partial charge is 0.458 e. The van der Waals surface area contributed by atoms with Gasteiger partial charge in [0.05, 0.1) is 6.10 Å². The zero-order valence-electron chi connectivity index (χ0n) is 17.8. The minimum Gasteiger partial charge on any atom is -0.458 e. The van der Waals surface area contributed by atoms with E-state index in [-0.39, 0.29) is 24.0 Å². The molecule has 6 atom stereocenters. The molecule has 0 heterocycles. The van der Waals surface area contributed by atoms with E-state index in [1.807, 2.05) is 39.0 Å². The maximum Gasteiger partial charge on any atom is 0.303 e. The lowest BCUT2D eigenvalue weighted by Crippen LogP contribution is -2.58. The predicted molar refractivity (Wildman–Crippen MR) is 109 cm³/mol. The van der Waals surface area contributed by atoms with Gasteiger partial charge in [-0.05, 0) is 60.5 Å². The highest BCUT2D eigenvalue weighted by atomic mass is 16.5. The third-order valence-electron chi connectivity index (χ3n) is 7.89. The van der Waals surface area contributed by atoms with Gasteiger partial charge in [-0.25, -0.2) is 0 Å². The Bertz CT molecular complexity index is 968. The van der Waals surface area contributed by atoms with Crippen LogP contribution in [0.4, 0.5) is 0 Å². The highest BCUT2D eigenvalue weighted by Crippen LogP contribution is 2.65. The van der Waals surface area contributed by atoms with Crippen molar-refractivity contribution in [3.63, 3.8) is 0 Å². The van der Waals surface area contributed by atoms with Crippen LogP contribution >= 0.6 is 0 Å². The van der Waals surface area contributed by atoms with Gasteiger partial charge >= 0.3 is 5.97 Å². The molecule has 0 amide bonds. The lowest BCUT2D eigenvalue weighted by atomic mass is 9.54. The molecular weight excluding hydrogens is 384 g/mol. The number of rotatable bonds is 3. The quantitative estimate of drug-likeness (QED) is 0.690. The van der Waals surface area contributed by atoms with Crippen LogP contribution in [0.5, 0.6) is 0 Å². The number of Topliss-reactive ketones (excluding diaryl/α,β-unsaturated/α-hetero) is 1. The number of ether oxygens (including phenoxy) is 1. The number of carbonyl (C=O) groups excluding carboxylic acids is 3. The summed E-state index contributed by atoms with van der Waals surface area (Å²) in [6.45, 7) is 6.42. The Balaban J connectivity index is 1.79. The molecule has 4 aliphatic carbocycles. The Morgan fingerprint density at radius 2 is 1.93 bits per heavy atom. The number of hydrogen-bond donors (Lipinski definition) is 2. The van der Waals surface area contributed by atoms with Crippen LogP contribution in [-0.2, 0) is 19.1 Å². The van der Waals surface area contributed by atoms with E-state index in [9.17, 15) is 24.6 Å². The minimum atomic E-state index is -1.71. The van der Waals surface area contributed by atoms with E-state index in [0.29, 0.717) is 6.42 Å². The van der Waals surface area contributed by atoms with Gasteiger partial charge in [0, 0.05) is 17.8 Å². The number of hydrogen-bond acceptors (Lipinski definition) is 6. The summed E-state index contributed by atoms with van der Waals surface area (Å²) in [6.07, 6.45) is 8.70. The average molecular weight is 412 g/mol. The van der Waals surface area contributed by atoms with Gasteiger partial charge in [-0.1, -0.05) is 32.1 Å². The highest BCUT2D eigenvalue weighted by Gasteiger charge is 2.67. The summed E-state index contributed by atoms with van der Waals surface area (Å²) in [5, 5.41) is 22.9. The summed E-state index contributed by atoms with van der Waals surface area (Å²) in [5.74, 6) is -1.68. The lowest BCUT2D eigenvalue weighted by molar-refractivity contribution is -0.168. The molecule has 1 fully saturated rings. The molecule has 0 aromatic rings. The second-order valence-corrected chi connectivity index (χ2v) is 9.54. The van der Waals surface area contributed by atoms with E-state index in [1.165, 1.54) is 13.0 Å². The first-order chi connectivity index (χ1) is 13.9. The first-order valence-electron chi connectivity index (χ1n) is 10.4. The zero-order valence-corrected chi connectivity index (χ0v) is 17.8. The molecule has 6 nitrogen and oxygen atoms in total. The number of allylic oxidation sites excluding steroid dienone is 7. The van der Waals surface area contributed by atoms with Gasteiger partial charge in [-0.15, -0.1) is 0 Å². The van der Waals surface area contributed by atoms with Crippen LogP contribution in [0, 0.1) is 22.7 Å². The summed E-state index contributed by atoms with van der Waals surface area (Å²) in [7, 11) is 0. The van der Waals surface area contributed by atoms with Crippen LogP contribution in [0.25, 0.3) is 0 Å². The fourth-order valence-corrected chi connectivity index (χ4v) is 6.33. The van der Waals surface area contributed by atoms with Crippen molar-refractivity contribution in [2.45, 2.75) is 52.2 Å². The van der Waals surface area contributed by atoms with E-state index in [1.54, 1.807) is 6.08 Å². The molecule has 6 heteroatoms. The maximum atomic E-state index is 13.0. The van der Waals surface area contributed by atoms with Gasteiger partial charge in [-0.3, -0.25) is 14.4 Å². The average Bonchev–Trinajstić information content (AvgIpc) is 2.87. The summed E-state index contributed by atoms with van der Waals surface area (Å²) in [4.78, 5) is 36.1. The maximum absolute atomic E-state index is 13.0. The molecular formula is C24H28O6. The van der Waals surface area contributed by atoms with Crippen molar-refractivity contribution in [3.8, 4) is 0 Å². The summed E-state index contributed by atoms with van der Waals surface area (Å²) < 4.78 is 4.90. The number of carbonyl (C=O) groups is 3. The standard InChI is InChI=1S/C24H28O6/c1-13-9-18-17-6-5-15-10-16(26)7-8-22(15,3)21(17)19(27)11-23(18,4)24(13,29)20(28)12-30-14(2)25/h5-8,10,13,18-19,27,29H,9,11-12H2,1-4H3/t13-,18-,19-,22-,23-,24-/m0/s1. The molecule has 4 aliphatic rings. The molecule has 0 aliphatic heterocycles. The van der Waals surface area contributed by atoms with Gasteiger partial charge in [0.2, 0.25) is 5.78 Å². The number of aliphatic hydroxyl groups is 2. The normalized spacial score (nSPS) is 41.7. The Kier molecular flexibility index (Phi) is 4.60. The molecule has 4 rings (SSSR count). The number of fused-ring (bicyclic) bond motifs is 4.